The van der Waals surface area contributed by atoms with Gasteiger partial charge in [-0.15, -0.1) is 0 Å². The van der Waals surface area contributed by atoms with Gasteiger partial charge in [0.1, 0.15) is 5.75 Å². The first kappa shape index (κ1) is 15.2. The molecule has 0 saturated heterocycles. The van der Waals surface area contributed by atoms with Crippen LogP contribution in [-0.2, 0) is 14.3 Å². The van der Waals surface area contributed by atoms with Crippen molar-refractivity contribution in [2.24, 2.45) is 0 Å². The molecule has 104 valence electrons. The second kappa shape index (κ2) is 8.26. The second-order valence-electron chi connectivity index (χ2n) is 4.04. The van der Waals surface area contributed by atoms with E-state index in [1.165, 1.54) is 6.92 Å². The van der Waals surface area contributed by atoms with E-state index < -0.39 is 0 Å². The topological polar surface area (TPSA) is 64.6 Å². The van der Waals surface area contributed by atoms with E-state index in [2.05, 4.69) is 5.32 Å². The van der Waals surface area contributed by atoms with Gasteiger partial charge < -0.3 is 14.8 Å². The van der Waals surface area contributed by atoms with Crippen molar-refractivity contribution in [2.45, 2.75) is 26.7 Å². The number of benzene rings is 1. The van der Waals surface area contributed by atoms with Crippen LogP contribution in [0.25, 0.3) is 0 Å². The number of rotatable bonds is 7. The quantitative estimate of drug-likeness (QED) is 0.467. The minimum absolute atomic E-state index is 0.141. The van der Waals surface area contributed by atoms with Gasteiger partial charge in [-0.2, -0.15) is 0 Å². The first-order valence-corrected chi connectivity index (χ1v) is 6.28. The molecule has 0 aliphatic heterocycles. The summed E-state index contributed by atoms with van der Waals surface area (Å²) < 4.78 is 10.3. The molecule has 0 saturated carbocycles. The molecule has 5 heteroatoms. The van der Waals surface area contributed by atoms with Gasteiger partial charge in [0.25, 0.3) is 0 Å². The summed E-state index contributed by atoms with van der Waals surface area (Å²) in [5, 5.41) is 2.63. The number of carbonyl (C=O) groups excluding carboxylic acids is 2. The Morgan fingerprint density at radius 1 is 1.16 bits per heavy atom. The molecule has 5 nitrogen and oxygen atoms in total. The molecule has 19 heavy (non-hydrogen) atoms. The lowest BCUT2D eigenvalue weighted by Gasteiger charge is -2.06. The van der Waals surface area contributed by atoms with E-state index in [9.17, 15) is 9.59 Å². The Labute approximate surface area is 112 Å². The van der Waals surface area contributed by atoms with Crippen molar-refractivity contribution in [3.05, 3.63) is 24.3 Å². The summed E-state index contributed by atoms with van der Waals surface area (Å²) in [6, 6.07) is 6.63. The van der Waals surface area contributed by atoms with Gasteiger partial charge in [0.05, 0.1) is 13.0 Å². The molecule has 0 fully saturated rings. The molecule has 0 unspecified atom stereocenters. The zero-order chi connectivity index (χ0) is 14.1. The van der Waals surface area contributed by atoms with Crippen LogP contribution in [0.1, 0.15) is 26.7 Å². The smallest absolute Gasteiger partial charge is 0.313 e. The fourth-order valence-electron chi connectivity index (χ4n) is 1.39. The van der Waals surface area contributed by atoms with Crippen LogP contribution in [-0.4, -0.2) is 25.1 Å². The maximum atomic E-state index is 11.5. The van der Waals surface area contributed by atoms with Gasteiger partial charge in [0.2, 0.25) is 5.91 Å². The Morgan fingerprint density at radius 2 is 1.84 bits per heavy atom. The largest absolute Gasteiger partial charge is 0.426 e. The second-order valence-corrected chi connectivity index (χ2v) is 4.04. The monoisotopic (exact) mass is 265 g/mol. The first-order chi connectivity index (χ1) is 9.11. The highest BCUT2D eigenvalue weighted by Crippen LogP contribution is 2.16. The number of amides is 1. The number of esters is 1. The van der Waals surface area contributed by atoms with Crippen LogP contribution in [0, 0.1) is 0 Å². The van der Waals surface area contributed by atoms with Crippen LogP contribution in [0.15, 0.2) is 24.3 Å². The van der Waals surface area contributed by atoms with E-state index in [0.29, 0.717) is 24.7 Å². The van der Waals surface area contributed by atoms with E-state index in [1.807, 2.05) is 6.92 Å². The molecule has 0 aliphatic carbocycles. The molecule has 1 amide bonds. The van der Waals surface area contributed by atoms with E-state index in [4.69, 9.17) is 9.47 Å². The molecular weight excluding hydrogens is 246 g/mol. The number of hydrogen-bond donors (Lipinski definition) is 1. The number of nitrogens with one attached hydrogen (secondary N) is 1. The first-order valence-electron chi connectivity index (χ1n) is 6.28. The summed E-state index contributed by atoms with van der Waals surface area (Å²) in [5.41, 5.74) is 0.665. The molecular formula is C14H19NO4. The third-order valence-electron chi connectivity index (χ3n) is 2.21. The van der Waals surface area contributed by atoms with Crippen molar-refractivity contribution < 1.29 is 19.1 Å². The summed E-state index contributed by atoms with van der Waals surface area (Å²) in [6.07, 6.45) is 1.16. The van der Waals surface area contributed by atoms with E-state index in [0.717, 1.165) is 6.42 Å². The Morgan fingerprint density at radius 3 is 2.42 bits per heavy atom. The Bertz CT molecular complexity index is 414. The lowest BCUT2D eigenvalue weighted by molar-refractivity contribution is -0.135. The number of anilines is 1. The molecule has 0 spiro atoms. The minimum atomic E-state index is -0.330. The van der Waals surface area contributed by atoms with Gasteiger partial charge in [0.15, 0.2) is 0 Å². The average molecular weight is 265 g/mol. The van der Waals surface area contributed by atoms with E-state index in [1.54, 1.807) is 24.3 Å². The van der Waals surface area contributed by atoms with E-state index >= 15 is 0 Å². The molecule has 1 aromatic carbocycles. The summed E-state index contributed by atoms with van der Waals surface area (Å²) in [5.74, 6) is -0.0178. The number of carbonyl (C=O) groups is 2. The Hall–Kier alpha value is -1.88. The molecule has 0 bridgehead atoms. The van der Waals surface area contributed by atoms with Crippen molar-refractivity contribution in [1.29, 1.82) is 0 Å². The fourth-order valence-corrected chi connectivity index (χ4v) is 1.39. The highest BCUT2D eigenvalue weighted by molar-refractivity contribution is 5.88. The van der Waals surface area contributed by atoms with Crippen molar-refractivity contribution >= 4 is 17.6 Å². The van der Waals surface area contributed by atoms with Crippen LogP contribution in [0.4, 0.5) is 5.69 Å². The Kier molecular flexibility index (Phi) is 6.60. The molecule has 0 aromatic heterocycles. The molecule has 1 aromatic rings. The lowest BCUT2D eigenvalue weighted by atomic mass is 10.3. The zero-order valence-electron chi connectivity index (χ0n) is 11.3. The summed E-state index contributed by atoms with van der Waals surface area (Å²) in [4.78, 5) is 22.3. The zero-order valence-corrected chi connectivity index (χ0v) is 11.3. The van der Waals surface area contributed by atoms with Crippen molar-refractivity contribution in [3.8, 4) is 5.75 Å². The molecule has 0 atom stereocenters. The third-order valence-corrected chi connectivity index (χ3v) is 2.21. The highest BCUT2D eigenvalue weighted by Gasteiger charge is 2.05. The summed E-state index contributed by atoms with van der Waals surface area (Å²) in [7, 11) is 0. The summed E-state index contributed by atoms with van der Waals surface area (Å²) >= 11 is 0. The lowest BCUT2D eigenvalue weighted by Crippen LogP contribution is -2.11. The molecule has 1 rings (SSSR count). The maximum absolute atomic E-state index is 11.5. The molecule has 1 N–H and O–H groups in total. The van der Waals surface area contributed by atoms with Gasteiger partial charge in [-0.05, 0) is 30.7 Å². The normalized spacial score (nSPS) is 10.0. The fraction of sp³-hybridized carbons (Fsp3) is 0.429. The van der Waals surface area contributed by atoms with Gasteiger partial charge in [-0.25, -0.2) is 0 Å². The highest BCUT2D eigenvalue weighted by atomic mass is 16.5. The predicted octanol–water partition coefficient (Wildman–Crippen LogP) is 2.37. The standard InChI is InChI=1S/C14H19NO4/c1-3-9-18-10-8-14(17)19-13-6-4-12(5-7-13)15-11(2)16/h4-7H,3,8-10H2,1-2H3,(H,15,16). The van der Waals surface area contributed by atoms with Crippen molar-refractivity contribution in [3.63, 3.8) is 0 Å². The number of ether oxygens (including phenoxy) is 2. The average Bonchev–Trinajstić information content (AvgIpc) is 2.36. The number of hydrogen-bond acceptors (Lipinski definition) is 4. The Balaban J connectivity index is 2.36. The van der Waals surface area contributed by atoms with Crippen LogP contribution in [0.3, 0.4) is 0 Å². The molecule has 0 aliphatic rings. The van der Waals surface area contributed by atoms with Crippen molar-refractivity contribution in [2.75, 3.05) is 18.5 Å². The van der Waals surface area contributed by atoms with E-state index in [-0.39, 0.29) is 18.3 Å². The van der Waals surface area contributed by atoms with Crippen LogP contribution in [0.5, 0.6) is 5.75 Å². The molecule has 0 radical (unpaired) electrons. The van der Waals surface area contributed by atoms with Crippen LogP contribution >= 0.6 is 0 Å². The van der Waals surface area contributed by atoms with Crippen LogP contribution in [0.2, 0.25) is 0 Å². The summed E-state index contributed by atoms with van der Waals surface area (Å²) in [6.45, 7) is 4.47. The van der Waals surface area contributed by atoms with Crippen LogP contribution < -0.4 is 10.1 Å². The van der Waals surface area contributed by atoms with Crippen molar-refractivity contribution in [1.82, 2.24) is 0 Å². The van der Waals surface area contributed by atoms with Gasteiger partial charge >= 0.3 is 5.97 Å². The third kappa shape index (κ3) is 6.57. The minimum Gasteiger partial charge on any atom is -0.426 e. The SMILES string of the molecule is CCCOCCC(=O)Oc1ccc(NC(C)=O)cc1. The maximum Gasteiger partial charge on any atom is 0.313 e. The predicted molar refractivity (Wildman–Crippen MR) is 72.1 cm³/mol. The van der Waals surface area contributed by atoms with Gasteiger partial charge in [-0.1, -0.05) is 6.92 Å². The van der Waals surface area contributed by atoms with Gasteiger partial charge in [-0.3, -0.25) is 9.59 Å². The van der Waals surface area contributed by atoms with Gasteiger partial charge in [0, 0.05) is 19.2 Å². The molecule has 0 heterocycles.